The number of ether oxygens (including phenoxy) is 1. The molecule has 1 aromatic carbocycles. The predicted molar refractivity (Wildman–Crippen MR) is 74.0 cm³/mol. The molecule has 1 aromatic heterocycles. The Bertz CT molecular complexity index is 606. The van der Waals surface area contributed by atoms with Gasteiger partial charge in [0, 0.05) is 13.0 Å². The van der Waals surface area contributed by atoms with E-state index in [1.165, 1.54) is 0 Å². The maximum Gasteiger partial charge on any atom is 0.337 e. The van der Waals surface area contributed by atoms with Crippen molar-refractivity contribution >= 4 is 17.0 Å². The quantitative estimate of drug-likeness (QED) is 0.746. The number of rotatable bonds is 7. The average molecular weight is 278 g/mol. The number of imidazole rings is 1. The number of aryl methyl sites for hydroxylation is 1. The highest BCUT2D eigenvalue weighted by Crippen LogP contribution is 2.20. The Hall–Kier alpha value is -1.92. The zero-order chi connectivity index (χ0) is 14.5. The van der Waals surface area contributed by atoms with E-state index < -0.39 is 5.97 Å². The number of aromatic nitrogens is 2. The first-order valence-corrected chi connectivity index (χ1v) is 6.59. The molecule has 0 bridgehead atoms. The minimum absolute atomic E-state index is 0.00548. The normalized spacial score (nSPS) is 11.1. The lowest BCUT2D eigenvalue weighted by molar-refractivity contribution is 0.0699. The van der Waals surface area contributed by atoms with Crippen LogP contribution in [0.15, 0.2) is 18.2 Å². The number of aromatic carboxylic acids is 1. The highest BCUT2D eigenvalue weighted by Gasteiger charge is 2.15. The van der Waals surface area contributed by atoms with E-state index in [0.29, 0.717) is 31.7 Å². The van der Waals surface area contributed by atoms with Gasteiger partial charge >= 0.3 is 5.97 Å². The summed E-state index contributed by atoms with van der Waals surface area (Å²) in [5.74, 6) is -0.138. The van der Waals surface area contributed by atoms with Crippen LogP contribution < -0.4 is 0 Å². The number of carboxylic acids is 1. The van der Waals surface area contributed by atoms with Gasteiger partial charge < -0.3 is 19.5 Å². The average Bonchev–Trinajstić information content (AvgIpc) is 2.81. The fraction of sp³-hybridized carbons (Fsp3) is 0.429. The first kappa shape index (κ1) is 14.5. The van der Waals surface area contributed by atoms with Crippen LogP contribution in [0.3, 0.4) is 0 Å². The molecule has 0 radical (unpaired) electrons. The molecule has 0 saturated heterocycles. The number of nitrogens with zero attached hydrogens (tertiary/aromatic N) is 2. The van der Waals surface area contributed by atoms with E-state index >= 15 is 0 Å². The van der Waals surface area contributed by atoms with Gasteiger partial charge in [-0.3, -0.25) is 0 Å². The van der Waals surface area contributed by atoms with Crippen molar-refractivity contribution in [1.82, 2.24) is 9.55 Å². The summed E-state index contributed by atoms with van der Waals surface area (Å²) in [6.07, 6.45) is 0.716. The molecule has 0 atom stereocenters. The van der Waals surface area contributed by atoms with Gasteiger partial charge in [0.05, 0.1) is 30.9 Å². The Balaban J connectivity index is 2.37. The van der Waals surface area contributed by atoms with E-state index in [-0.39, 0.29) is 12.2 Å². The Morgan fingerprint density at radius 1 is 1.40 bits per heavy atom. The Morgan fingerprint density at radius 2 is 2.20 bits per heavy atom. The summed E-state index contributed by atoms with van der Waals surface area (Å²) >= 11 is 0. The first-order valence-electron chi connectivity index (χ1n) is 6.59. The van der Waals surface area contributed by atoms with E-state index in [2.05, 4.69) is 4.98 Å². The van der Waals surface area contributed by atoms with Gasteiger partial charge in [-0.05, 0) is 12.1 Å². The number of aliphatic hydroxyl groups is 1. The van der Waals surface area contributed by atoms with Crippen molar-refractivity contribution in [2.75, 3.05) is 19.8 Å². The molecule has 2 aromatic rings. The topological polar surface area (TPSA) is 84.6 Å². The summed E-state index contributed by atoms with van der Waals surface area (Å²) in [7, 11) is 0. The van der Waals surface area contributed by atoms with Crippen LogP contribution >= 0.6 is 0 Å². The lowest BCUT2D eigenvalue weighted by Gasteiger charge is -2.08. The van der Waals surface area contributed by atoms with Crippen molar-refractivity contribution in [1.29, 1.82) is 0 Å². The monoisotopic (exact) mass is 278 g/mol. The van der Waals surface area contributed by atoms with Gasteiger partial charge in [-0.2, -0.15) is 0 Å². The summed E-state index contributed by atoms with van der Waals surface area (Å²) in [6.45, 7) is 3.31. The molecule has 1 heterocycles. The van der Waals surface area contributed by atoms with Crippen LogP contribution in [0, 0.1) is 0 Å². The Kier molecular flexibility index (Phi) is 4.70. The van der Waals surface area contributed by atoms with Gasteiger partial charge in [-0.1, -0.05) is 13.0 Å². The van der Waals surface area contributed by atoms with Crippen LogP contribution in [0.2, 0.25) is 0 Å². The van der Waals surface area contributed by atoms with E-state index in [9.17, 15) is 9.90 Å². The van der Waals surface area contributed by atoms with E-state index in [1.807, 2.05) is 17.6 Å². The van der Waals surface area contributed by atoms with Gasteiger partial charge in [0.1, 0.15) is 11.3 Å². The maximum atomic E-state index is 11.2. The van der Waals surface area contributed by atoms with Crippen LogP contribution in [0.1, 0.15) is 23.1 Å². The molecule has 20 heavy (non-hydrogen) atoms. The van der Waals surface area contributed by atoms with Gasteiger partial charge in [-0.15, -0.1) is 0 Å². The van der Waals surface area contributed by atoms with Crippen molar-refractivity contribution in [3.63, 3.8) is 0 Å². The predicted octanol–water partition coefficient (Wildman–Crippen LogP) is 1.31. The summed E-state index contributed by atoms with van der Waals surface area (Å²) < 4.78 is 7.24. The van der Waals surface area contributed by atoms with E-state index in [1.54, 1.807) is 12.1 Å². The van der Waals surface area contributed by atoms with Crippen molar-refractivity contribution in [3.05, 3.63) is 29.6 Å². The van der Waals surface area contributed by atoms with Gasteiger partial charge in [0.2, 0.25) is 0 Å². The summed E-state index contributed by atoms with van der Waals surface area (Å²) in [5.41, 5.74) is 1.53. The standard InChI is InChI=1S/C14H18N2O4/c1-2-12-15-13-10(14(18)19)4-3-5-11(13)16(12)6-8-20-9-7-17/h3-5,17H,2,6-9H2,1H3,(H,18,19). The molecule has 0 aliphatic heterocycles. The minimum Gasteiger partial charge on any atom is -0.478 e. The molecule has 2 N–H and O–H groups in total. The van der Waals surface area contributed by atoms with Crippen molar-refractivity contribution in [3.8, 4) is 0 Å². The molecule has 2 rings (SSSR count). The maximum absolute atomic E-state index is 11.2. The van der Waals surface area contributed by atoms with Crippen LogP contribution in [-0.4, -0.2) is 45.6 Å². The second kappa shape index (κ2) is 6.49. The molecule has 0 aliphatic rings. The van der Waals surface area contributed by atoms with Crippen molar-refractivity contribution in [2.45, 2.75) is 19.9 Å². The lowest BCUT2D eigenvalue weighted by atomic mass is 10.2. The van der Waals surface area contributed by atoms with E-state index in [4.69, 9.17) is 9.84 Å². The third kappa shape index (κ3) is 2.81. The molecule has 0 saturated carbocycles. The molecule has 0 amide bonds. The molecular weight excluding hydrogens is 260 g/mol. The molecule has 6 nitrogen and oxygen atoms in total. The smallest absolute Gasteiger partial charge is 0.337 e. The lowest BCUT2D eigenvalue weighted by Crippen LogP contribution is -2.10. The molecule has 0 unspecified atom stereocenters. The fourth-order valence-corrected chi connectivity index (χ4v) is 2.21. The number of carboxylic acid groups (broad SMARTS) is 1. The molecular formula is C14H18N2O4. The Morgan fingerprint density at radius 3 is 2.85 bits per heavy atom. The second-order valence-electron chi connectivity index (χ2n) is 4.35. The Labute approximate surface area is 116 Å². The van der Waals surface area contributed by atoms with Crippen LogP contribution in [0.25, 0.3) is 11.0 Å². The molecule has 108 valence electrons. The molecule has 0 spiro atoms. The van der Waals surface area contributed by atoms with Crippen molar-refractivity contribution in [2.24, 2.45) is 0 Å². The zero-order valence-electron chi connectivity index (χ0n) is 11.4. The van der Waals surface area contributed by atoms with Gasteiger partial charge in [-0.25, -0.2) is 9.78 Å². The van der Waals surface area contributed by atoms with Crippen LogP contribution in [0.4, 0.5) is 0 Å². The number of para-hydroxylation sites is 1. The molecule has 0 fully saturated rings. The summed E-state index contributed by atoms with van der Waals surface area (Å²) in [5, 5.41) is 17.9. The molecule has 6 heteroatoms. The number of hydrogen-bond donors (Lipinski definition) is 2. The van der Waals surface area contributed by atoms with Crippen LogP contribution in [0.5, 0.6) is 0 Å². The first-order chi connectivity index (χ1) is 9.69. The summed E-state index contributed by atoms with van der Waals surface area (Å²) in [6, 6.07) is 5.14. The summed E-state index contributed by atoms with van der Waals surface area (Å²) in [4.78, 5) is 15.6. The third-order valence-corrected chi connectivity index (χ3v) is 3.10. The second-order valence-corrected chi connectivity index (χ2v) is 4.35. The highest BCUT2D eigenvalue weighted by molar-refractivity contribution is 6.01. The number of carbonyl (C=O) groups is 1. The van der Waals surface area contributed by atoms with Crippen molar-refractivity contribution < 1.29 is 19.7 Å². The third-order valence-electron chi connectivity index (χ3n) is 3.10. The number of hydrogen-bond acceptors (Lipinski definition) is 4. The minimum atomic E-state index is -0.973. The fourth-order valence-electron chi connectivity index (χ4n) is 2.21. The SMILES string of the molecule is CCc1nc2c(C(=O)O)cccc2n1CCOCCO. The van der Waals surface area contributed by atoms with Gasteiger partial charge in [0.25, 0.3) is 0 Å². The van der Waals surface area contributed by atoms with Gasteiger partial charge in [0.15, 0.2) is 0 Å². The molecule has 0 aliphatic carbocycles. The number of aliphatic hydroxyl groups excluding tert-OH is 1. The van der Waals surface area contributed by atoms with Crippen LogP contribution in [-0.2, 0) is 17.7 Å². The number of benzene rings is 1. The zero-order valence-corrected chi connectivity index (χ0v) is 11.4. The highest BCUT2D eigenvalue weighted by atomic mass is 16.5. The largest absolute Gasteiger partial charge is 0.478 e. The number of fused-ring (bicyclic) bond motifs is 1. The van der Waals surface area contributed by atoms with E-state index in [0.717, 1.165) is 11.3 Å².